The van der Waals surface area contributed by atoms with E-state index in [-0.39, 0.29) is 24.4 Å². The number of aliphatic carboxylic acids is 1. The van der Waals surface area contributed by atoms with Crippen molar-refractivity contribution in [2.24, 2.45) is 5.41 Å². The number of hydrogen-bond acceptors (Lipinski definition) is 4. The van der Waals surface area contributed by atoms with Crippen molar-refractivity contribution < 1.29 is 14.7 Å². The maximum Gasteiger partial charge on any atom is 0.310 e. The molecular weight excluding hydrogens is 310 g/mol. The number of aromatic nitrogens is 2. The highest BCUT2D eigenvalue weighted by atomic mass is 16.4. The van der Waals surface area contributed by atoms with E-state index in [1.165, 1.54) is 0 Å². The number of benzene rings is 1. The first-order chi connectivity index (χ1) is 11.3. The minimum absolute atomic E-state index is 0.0756. The van der Waals surface area contributed by atoms with Crippen LogP contribution < -0.4 is 10.9 Å². The van der Waals surface area contributed by atoms with Crippen LogP contribution in [0, 0.1) is 5.41 Å². The van der Waals surface area contributed by atoms with Gasteiger partial charge in [0.1, 0.15) is 5.82 Å². The zero-order valence-corrected chi connectivity index (χ0v) is 13.8. The zero-order chi connectivity index (χ0) is 17.7. The molecular formula is C17H21N3O4. The molecule has 2 aromatic rings. The fraction of sp³-hybridized carbons (Fsp3) is 0.412. The average molecular weight is 331 g/mol. The summed E-state index contributed by atoms with van der Waals surface area (Å²) in [5.74, 6) is -0.634. The van der Waals surface area contributed by atoms with Crippen molar-refractivity contribution in [1.82, 2.24) is 15.3 Å². The van der Waals surface area contributed by atoms with Crippen LogP contribution in [0.1, 0.15) is 32.5 Å². The van der Waals surface area contributed by atoms with Crippen molar-refractivity contribution in [2.75, 3.05) is 6.54 Å². The van der Waals surface area contributed by atoms with Crippen molar-refractivity contribution in [3.8, 4) is 0 Å². The SMILES string of the molecule is CC(C)(CNC(=O)CCCc1nc2ccccc2c(=O)[nH]1)C(=O)O. The number of nitrogens with one attached hydrogen (secondary N) is 2. The molecule has 0 aliphatic heterocycles. The van der Waals surface area contributed by atoms with Crippen LogP contribution in [0.5, 0.6) is 0 Å². The standard InChI is InChI=1S/C17H21N3O4/c1-17(2,16(23)24)10-18-14(21)9-5-8-13-19-12-7-4-3-6-11(12)15(22)20-13/h3-4,6-7H,5,8-10H2,1-2H3,(H,18,21)(H,23,24)(H,19,20,22). The lowest BCUT2D eigenvalue weighted by Gasteiger charge is -2.19. The molecule has 7 nitrogen and oxygen atoms in total. The number of amides is 1. The average Bonchev–Trinajstić information content (AvgIpc) is 2.53. The van der Waals surface area contributed by atoms with Crippen molar-refractivity contribution in [1.29, 1.82) is 0 Å². The van der Waals surface area contributed by atoms with Crippen molar-refractivity contribution in [3.63, 3.8) is 0 Å². The lowest BCUT2D eigenvalue weighted by Crippen LogP contribution is -2.38. The number of fused-ring (bicyclic) bond motifs is 1. The Bertz CT molecular complexity index is 811. The van der Waals surface area contributed by atoms with E-state index in [4.69, 9.17) is 5.11 Å². The molecule has 1 aromatic carbocycles. The van der Waals surface area contributed by atoms with E-state index in [0.29, 0.717) is 29.6 Å². The van der Waals surface area contributed by atoms with Gasteiger partial charge in [0.15, 0.2) is 0 Å². The van der Waals surface area contributed by atoms with E-state index in [0.717, 1.165) is 0 Å². The number of nitrogens with zero attached hydrogens (tertiary/aromatic N) is 1. The molecule has 0 fully saturated rings. The number of aromatic amines is 1. The van der Waals surface area contributed by atoms with Crippen molar-refractivity contribution >= 4 is 22.8 Å². The third kappa shape index (κ3) is 4.41. The second kappa shape index (κ2) is 7.25. The molecule has 0 saturated carbocycles. The van der Waals surface area contributed by atoms with Gasteiger partial charge in [-0.3, -0.25) is 14.4 Å². The van der Waals surface area contributed by atoms with Crippen molar-refractivity contribution in [2.45, 2.75) is 33.1 Å². The summed E-state index contributed by atoms with van der Waals surface area (Å²) in [6, 6.07) is 7.08. The molecule has 0 aliphatic carbocycles. The molecule has 1 aromatic heterocycles. The molecule has 128 valence electrons. The van der Waals surface area contributed by atoms with Gasteiger partial charge in [-0.15, -0.1) is 0 Å². The summed E-state index contributed by atoms with van der Waals surface area (Å²) in [4.78, 5) is 41.8. The van der Waals surface area contributed by atoms with E-state index in [1.54, 1.807) is 32.0 Å². The predicted octanol–water partition coefficient (Wildman–Crippen LogP) is 1.47. The second-order valence-corrected chi connectivity index (χ2v) is 6.35. The van der Waals surface area contributed by atoms with Gasteiger partial charge in [-0.1, -0.05) is 12.1 Å². The van der Waals surface area contributed by atoms with Gasteiger partial charge in [-0.25, -0.2) is 4.98 Å². The maximum atomic E-state index is 11.9. The lowest BCUT2D eigenvalue weighted by molar-refractivity contribution is -0.146. The van der Waals surface area contributed by atoms with Crippen LogP contribution in [-0.4, -0.2) is 33.5 Å². The highest BCUT2D eigenvalue weighted by Crippen LogP contribution is 2.13. The number of carbonyl (C=O) groups is 2. The monoisotopic (exact) mass is 331 g/mol. The predicted molar refractivity (Wildman–Crippen MR) is 89.7 cm³/mol. The third-order valence-electron chi connectivity index (χ3n) is 3.79. The summed E-state index contributed by atoms with van der Waals surface area (Å²) < 4.78 is 0. The summed E-state index contributed by atoms with van der Waals surface area (Å²) in [5, 5.41) is 12.2. The van der Waals surface area contributed by atoms with E-state index in [2.05, 4.69) is 15.3 Å². The molecule has 24 heavy (non-hydrogen) atoms. The van der Waals surface area contributed by atoms with Crippen LogP contribution >= 0.6 is 0 Å². The fourth-order valence-corrected chi connectivity index (χ4v) is 2.15. The summed E-state index contributed by atoms with van der Waals surface area (Å²) >= 11 is 0. The summed E-state index contributed by atoms with van der Waals surface area (Å²) in [6.07, 6.45) is 1.22. The van der Waals surface area contributed by atoms with Gasteiger partial charge >= 0.3 is 5.97 Å². The number of hydrogen-bond donors (Lipinski definition) is 3. The van der Waals surface area contributed by atoms with Crippen LogP contribution in [-0.2, 0) is 16.0 Å². The Balaban J connectivity index is 1.87. The maximum absolute atomic E-state index is 11.9. The number of aryl methyl sites for hydroxylation is 1. The van der Waals surface area contributed by atoms with Gasteiger partial charge in [-0.05, 0) is 32.4 Å². The quantitative estimate of drug-likeness (QED) is 0.711. The fourth-order valence-electron chi connectivity index (χ4n) is 2.15. The highest BCUT2D eigenvalue weighted by Gasteiger charge is 2.27. The van der Waals surface area contributed by atoms with Crippen LogP contribution in [0.2, 0.25) is 0 Å². The minimum Gasteiger partial charge on any atom is -0.481 e. The number of rotatable bonds is 7. The Morgan fingerprint density at radius 2 is 2.00 bits per heavy atom. The molecule has 1 heterocycles. The number of para-hydroxylation sites is 1. The lowest BCUT2D eigenvalue weighted by atomic mass is 9.94. The summed E-state index contributed by atoms with van der Waals surface area (Å²) in [7, 11) is 0. The molecule has 0 spiro atoms. The zero-order valence-electron chi connectivity index (χ0n) is 13.8. The smallest absolute Gasteiger partial charge is 0.310 e. The Kier molecular flexibility index (Phi) is 5.33. The first kappa shape index (κ1) is 17.7. The van der Waals surface area contributed by atoms with E-state index >= 15 is 0 Å². The van der Waals surface area contributed by atoms with Gasteiger partial charge in [0.2, 0.25) is 5.91 Å². The summed E-state index contributed by atoms with van der Waals surface area (Å²) in [6.45, 7) is 3.19. The molecule has 0 atom stereocenters. The largest absolute Gasteiger partial charge is 0.481 e. The first-order valence-electron chi connectivity index (χ1n) is 7.77. The normalized spacial score (nSPS) is 11.4. The highest BCUT2D eigenvalue weighted by molar-refractivity contribution is 5.79. The Hall–Kier alpha value is -2.70. The second-order valence-electron chi connectivity index (χ2n) is 6.35. The Labute approximate surface area is 139 Å². The van der Waals surface area contributed by atoms with E-state index in [1.807, 2.05) is 6.07 Å². The third-order valence-corrected chi connectivity index (χ3v) is 3.79. The van der Waals surface area contributed by atoms with Gasteiger partial charge in [0, 0.05) is 19.4 Å². The molecule has 7 heteroatoms. The number of carbonyl (C=O) groups excluding carboxylic acids is 1. The molecule has 0 saturated heterocycles. The molecule has 0 unspecified atom stereocenters. The molecule has 0 aliphatic rings. The van der Waals surface area contributed by atoms with Crippen LogP contribution in [0.25, 0.3) is 10.9 Å². The first-order valence-corrected chi connectivity index (χ1v) is 7.77. The molecule has 0 radical (unpaired) electrons. The van der Waals surface area contributed by atoms with Gasteiger partial charge < -0.3 is 15.4 Å². The number of H-pyrrole nitrogens is 1. The van der Waals surface area contributed by atoms with E-state index in [9.17, 15) is 14.4 Å². The van der Waals surface area contributed by atoms with Crippen LogP contribution in [0.4, 0.5) is 0 Å². The minimum atomic E-state index is -0.999. The molecule has 2 rings (SSSR count). The topological polar surface area (TPSA) is 112 Å². The molecule has 3 N–H and O–H groups in total. The molecule has 0 bridgehead atoms. The van der Waals surface area contributed by atoms with Gasteiger partial charge in [-0.2, -0.15) is 0 Å². The summed E-state index contributed by atoms with van der Waals surface area (Å²) in [5.41, 5.74) is -0.562. The number of carboxylic acid groups (broad SMARTS) is 1. The van der Waals surface area contributed by atoms with Crippen LogP contribution in [0.15, 0.2) is 29.1 Å². The Morgan fingerprint density at radius 1 is 1.29 bits per heavy atom. The van der Waals surface area contributed by atoms with Gasteiger partial charge in [0.05, 0.1) is 16.3 Å². The van der Waals surface area contributed by atoms with Crippen LogP contribution in [0.3, 0.4) is 0 Å². The van der Waals surface area contributed by atoms with Gasteiger partial charge in [0.25, 0.3) is 5.56 Å². The van der Waals surface area contributed by atoms with E-state index < -0.39 is 11.4 Å². The molecule has 1 amide bonds. The number of carboxylic acids is 1. The van der Waals surface area contributed by atoms with Crippen molar-refractivity contribution in [3.05, 3.63) is 40.4 Å². The Morgan fingerprint density at radius 3 is 2.71 bits per heavy atom.